The number of rotatable bonds is 51. The van der Waals surface area contributed by atoms with Gasteiger partial charge in [-0.05, 0) is 19.3 Å². The molecule has 0 fully saturated rings. The van der Waals surface area contributed by atoms with Gasteiger partial charge >= 0.3 is 0 Å². The normalized spacial score (nSPS) is 12.0. The van der Waals surface area contributed by atoms with Crippen molar-refractivity contribution in [2.24, 2.45) is 0 Å². The van der Waals surface area contributed by atoms with Crippen LogP contribution in [0.25, 0.3) is 0 Å². The van der Waals surface area contributed by atoms with Crippen molar-refractivity contribution >= 4 is 7.14 Å². The maximum atomic E-state index is 14.3. The van der Waals surface area contributed by atoms with Gasteiger partial charge in [0, 0.05) is 18.5 Å². The summed E-state index contributed by atoms with van der Waals surface area (Å²) in [5, 5.41) is 0. The average molecular weight is 807 g/mol. The molecule has 0 unspecified atom stereocenters. The molecular weight excluding hydrogens is 696 g/mol. The maximum absolute atomic E-state index is 14.3. The third-order valence-corrected chi connectivity index (χ3v) is 16.7. The molecule has 0 aliphatic carbocycles. The van der Waals surface area contributed by atoms with Crippen LogP contribution in [0.5, 0.6) is 0 Å². The summed E-state index contributed by atoms with van der Waals surface area (Å²) in [5.41, 5.74) is 0. The zero-order chi connectivity index (χ0) is 40.6. The molecule has 0 rings (SSSR count). The molecule has 0 atom stereocenters. The quantitative estimate of drug-likeness (QED) is 0.0442. The minimum Gasteiger partial charge on any atom is -0.324 e. The Labute approximate surface area is 357 Å². The van der Waals surface area contributed by atoms with Crippen LogP contribution in [0, 0.1) is 0 Å². The van der Waals surface area contributed by atoms with Crippen molar-refractivity contribution in [3.05, 3.63) is 0 Å². The van der Waals surface area contributed by atoms with E-state index in [-0.39, 0.29) is 0 Å². The van der Waals surface area contributed by atoms with Crippen LogP contribution in [-0.2, 0) is 4.57 Å². The summed E-state index contributed by atoms with van der Waals surface area (Å²) in [6.07, 6.45) is 71.1. The van der Waals surface area contributed by atoms with E-state index in [4.69, 9.17) is 0 Å². The van der Waals surface area contributed by atoms with Gasteiger partial charge in [0.05, 0.1) is 7.14 Å². The summed E-state index contributed by atoms with van der Waals surface area (Å²) in [4.78, 5) is 0. The first kappa shape index (κ1) is 56.2. The molecule has 2 heteroatoms. The van der Waals surface area contributed by atoms with E-state index in [9.17, 15) is 4.57 Å². The van der Waals surface area contributed by atoms with Crippen LogP contribution >= 0.6 is 7.14 Å². The van der Waals surface area contributed by atoms with Gasteiger partial charge in [0.1, 0.15) is 0 Å². The second-order valence-electron chi connectivity index (χ2n) is 19.1. The molecule has 0 saturated carbocycles. The van der Waals surface area contributed by atoms with Crippen molar-refractivity contribution in [3.63, 3.8) is 0 Å². The van der Waals surface area contributed by atoms with Crippen molar-refractivity contribution in [2.45, 2.75) is 329 Å². The van der Waals surface area contributed by atoms with Crippen LogP contribution in [0.2, 0.25) is 0 Å². The minimum absolute atomic E-state index is 1.06. The van der Waals surface area contributed by atoms with E-state index in [2.05, 4.69) is 20.8 Å². The number of hydrogen-bond acceptors (Lipinski definition) is 1. The average Bonchev–Trinajstić information content (AvgIpc) is 3.20. The first-order chi connectivity index (χ1) is 27.7. The molecule has 0 spiro atoms. The van der Waals surface area contributed by atoms with Crippen LogP contribution in [0.3, 0.4) is 0 Å². The Morgan fingerprint density at radius 1 is 0.179 bits per heavy atom. The summed E-state index contributed by atoms with van der Waals surface area (Å²) in [5.74, 6) is 0. The molecule has 0 radical (unpaired) electrons. The van der Waals surface area contributed by atoms with Crippen molar-refractivity contribution in [1.82, 2.24) is 0 Å². The van der Waals surface area contributed by atoms with Crippen LogP contribution in [0.15, 0.2) is 0 Å². The largest absolute Gasteiger partial charge is 0.324 e. The van der Waals surface area contributed by atoms with Gasteiger partial charge in [0.2, 0.25) is 0 Å². The third kappa shape index (κ3) is 46.9. The Balaban J connectivity index is 4.08. The summed E-state index contributed by atoms with van der Waals surface area (Å²) in [6.45, 7) is 6.93. The fourth-order valence-corrected chi connectivity index (χ4v) is 12.3. The smallest absolute Gasteiger partial charge is 0.0877 e. The van der Waals surface area contributed by atoms with Gasteiger partial charge in [-0.3, -0.25) is 0 Å². The molecule has 0 heterocycles. The second kappa shape index (κ2) is 49.6. The van der Waals surface area contributed by atoms with E-state index >= 15 is 0 Å². The lowest BCUT2D eigenvalue weighted by Crippen LogP contribution is -2.02. The molecule has 56 heavy (non-hydrogen) atoms. The lowest BCUT2D eigenvalue weighted by molar-refractivity contribution is 0.527. The lowest BCUT2D eigenvalue weighted by atomic mass is 10.0. The van der Waals surface area contributed by atoms with Crippen LogP contribution in [0.1, 0.15) is 329 Å². The second-order valence-corrected chi connectivity index (χ2v) is 22.6. The van der Waals surface area contributed by atoms with E-state index < -0.39 is 7.14 Å². The van der Waals surface area contributed by atoms with Crippen LogP contribution in [-0.4, -0.2) is 18.5 Å². The highest BCUT2D eigenvalue weighted by Gasteiger charge is 2.20. The molecule has 0 aliphatic heterocycles. The van der Waals surface area contributed by atoms with Gasteiger partial charge in [0.25, 0.3) is 0 Å². The van der Waals surface area contributed by atoms with Gasteiger partial charge in [0.15, 0.2) is 0 Å². The van der Waals surface area contributed by atoms with Crippen molar-refractivity contribution in [3.8, 4) is 0 Å². The fraction of sp³-hybridized carbons (Fsp3) is 1.00. The van der Waals surface area contributed by atoms with Crippen molar-refractivity contribution < 1.29 is 4.57 Å². The van der Waals surface area contributed by atoms with Gasteiger partial charge in [-0.15, -0.1) is 0 Å². The topological polar surface area (TPSA) is 17.1 Å². The molecule has 0 amide bonds. The van der Waals surface area contributed by atoms with Crippen molar-refractivity contribution in [2.75, 3.05) is 18.5 Å². The first-order valence-corrected chi connectivity index (χ1v) is 29.5. The molecule has 0 aromatic carbocycles. The predicted octanol–water partition coefficient (Wildman–Crippen LogP) is 21.1. The zero-order valence-corrected chi connectivity index (χ0v) is 40.8. The molecule has 0 aromatic heterocycles. The highest BCUT2D eigenvalue weighted by molar-refractivity contribution is 7.63. The summed E-state index contributed by atoms with van der Waals surface area (Å²) >= 11 is 0. The van der Waals surface area contributed by atoms with Crippen LogP contribution in [0.4, 0.5) is 0 Å². The standard InChI is InChI=1S/C54H111OP/c1-4-7-10-13-16-19-22-25-28-31-34-37-40-43-46-49-52-56(55,53-50-47-44-41-38-35-32-29-26-23-20-17-14-11-8-5-2)54-51-48-45-42-39-36-33-30-27-24-21-18-15-12-9-6-3/h4-54H2,1-3H3. The summed E-state index contributed by atoms with van der Waals surface area (Å²) in [7, 11) is -1.98. The Morgan fingerprint density at radius 2 is 0.286 bits per heavy atom. The van der Waals surface area contributed by atoms with Crippen molar-refractivity contribution in [1.29, 1.82) is 0 Å². The molecule has 0 aliphatic rings. The molecular formula is C54H111OP. The predicted molar refractivity (Wildman–Crippen MR) is 261 cm³/mol. The molecule has 0 saturated heterocycles. The van der Waals surface area contributed by atoms with Gasteiger partial charge in [-0.1, -0.05) is 310 Å². The fourth-order valence-electron chi connectivity index (χ4n) is 9.18. The van der Waals surface area contributed by atoms with E-state index in [0.717, 1.165) is 18.5 Å². The Bertz CT molecular complexity index is 637. The minimum atomic E-state index is -1.98. The van der Waals surface area contributed by atoms with E-state index in [0.29, 0.717) is 0 Å². The molecule has 0 bridgehead atoms. The van der Waals surface area contributed by atoms with E-state index in [1.54, 1.807) is 0 Å². The Kier molecular flexibility index (Phi) is 49.8. The Morgan fingerprint density at radius 3 is 0.411 bits per heavy atom. The number of unbranched alkanes of at least 4 members (excludes halogenated alkanes) is 45. The van der Waals surface area contributed by atoms with E-state index in [1.165, 1.54) is 308 Å². The van der Waals surface area contributed by atoms with Gasteiger partial charge in [-0.25, -0.2) is 0 Å². The summed E-state index contributed by atoms with van der Waals surface area (Å²) in [6, 6.07) is 0. The SMILES string of the molecule is CCCCCCCCCCCCCCCCCCP(=O)(CCCCCCCCCCCCCCCCCC)CCCCCCCCCCCCCCCCCC. The third-order valence-electron chi connectivity index (χ3n) is 13.3. The molecule has 338 valence electrons. The first-order valence-electron chi connectivity index (χ1n) is 27.3. The molecule has 0 N–H and O–H groups in total. The van der Waals surface area contributed by atoms with Gasteiger partial charge in [-0.2, -0.15) is 0 Å². The molecule has 0 aromatic rings. The Hall–Kier alpha value is 0.230. The number of hydrogen-bond donors (Lipinski definition) is 0. The summed E-state index contributed by atoms with van der Waals surface area (Å²) < 4.78 is 14.3. The van der Waals surface area contributed by atoms with E-state index in [1.807, 2.05) is 0 Å². The highest BCUT2D eigenvalue weighted by atomic mass is 31.2. The maximum Gasteiger partial charge on any atom is 0.0877 e. The zero-order valence-electron chi connectivity index (χ0n) is 39.9. The lowest BCUT2D eigenvalue weighted by Gasteiger charge is -2.19. The monoisotopic (exact) mass is 807 g/mol. The van der Waals surface area contributed by atoms with Crippen LogP contribution < -0.4 is 0 Å². The molecule has 1 nitrogen and oxygen atoms in total. The highest BCUT2D eigenvalue weighted by Crippen LogP contribution is 2.48. The van der Waals surface area contributed by atoms with Gasteiger partial charge < -0.3 is 4.57 Å².